The number of fused-ring (bicyclic) bond motifs is 1. The second kappa shape index (κ2) is 9.55. The van der Waals surface area contributed by atoms with Crippen molar-refractivity contribution in [1.29, 1.82) is 5.26 Å². The van der Waals surface area contributed by atoms with Crippen molar-refractivity contribution in [3.63, 3.8) is 0 Å². The number of hydrogen-bond acceptors (Lipinski definition) is 3. The van der Waals surface area contributed by atoms with Gasteiger partial charge in [0, 0.05) is 6.08 Å². The van der Waals surface area contributed by atoms with Gasteiger partial charge in [0.2, 0.25) is 5.95 Å². The van der Waals surface area contributed by atoms with Gasteiger partial charge in [-0.25, -0.2) is 4.79 Å². The average Bonchev–Trinajstić information content (AvgIpc) is 3.22. The molecule has 2 N–H and O–H groups in total. The molecule has 0 atom stereocenters. The predicted octanol–water partition coefficient (Wildman–Crippen LogP) is 6.35. The summed E-state index contributed by atoms with van der Waals surface area (Å²) in [5, 5.41) is 25.0. The fraction of sp³-hybridized carbons (Fsp3) is 0.107. The Hall–Kier alpha value is -4.50. The molecule has 0 amide bonds. The molecule has 4 rings (SSSR count). The number of carboxylic acid groups (broad SMARTS) is 1. The first-order valence-corrected chi connectivity index (χ1v) is 10.8. The molecule has 4 aromatic rings. The Labute approximate surface area is 196 Å². The second-order valence-electron chi connectivity index (χ2n) is 7.91. The first-order chi connectivity index (χ1) is 16.4. The van der Waals surface area contributed by atoms with Crippen molar-refractivity contribution in [3.8, 4) is 6.07 Å². The Balaban J connectivity index is 1.96. The Bertz CT molecular complexity index is 1490. The molecule has 0 saturated carbocycles. The number of carboxylic acids is 1. The third kappa shape index (κ3) is 4.50. The number of nitrogens with one attached hydrogen (secondary N) is 1. The van der Waals surface area contributed by atoms with E-state index in [4.69, 9.17) is 5.11 Å². The van der Waals surface area contributed by atoms with Gasteiger partial charge < -0.3 is 5.11 Å². The third-order valence-corrected chi connectivity index (χ3v) is 5.75. The minimum absolute atomic E-state index is 0.406. The number of aromatic nitrogens is 2. The van der Waals surface area contributed by atoms with Crippen molar-refractivity contribution in [1.82, 2.24) is 10.2 Å². The lowest BCUT2D eigenvalue weighted by molar-refractivity contribution is -0.131. The lowest BCUT2D eigenvalue weighted by Gasteiger charge is -2.18. The number of aromatic amines is 1. The SMILES string of the molecule is CCC(=C(c1ccc(C=CC(=O)O)cc1)c1ccc2n[nH]c(F)c2c1)c1ccc(C#N)cc1C. The van der Waals surface area contributed by atoms with Gasteiger partial charge in [-0.2, -0.15) is 14.8 Å². The lowest BCUT2D eigenvalue weighted by atomic mass is 9.85. The van der Waals surface area contributed by atoms with E-state index in [1.54, 1.807) is 18.2 Å². The highest BCUT2D eigenvalue weighted by Gasteiger charge is 2.17. The molecule has 0 unspecified atom stereocenters. The summed E-state index contributed by atoms with van der Waals surface area (Å²) in [6, 6.07) is 20.9. The van der Waals surface area contributed by atoms with E-state index in [9.17, 15) is 14.4 Å². The minimum atomic E-state index is -1.01. The van der Waals surface area contributed by atoms with Crippen LogP contribution in [0.25, 0.3) is 28.1 Å². The number of hydrogen-bond donors (Lipinski definition) is 2. The Kier molecular flexibility index (Phi) is 6.37. The summed E-state index contributed by atoms with van der Waals surface area (Å²) in [6.45, 7) is 4.04. The number of aryl methyl sites for hydroxylation is 1. The molecule has 6 heteroatoms. The normalized spacial score (nSPS) is 12.1. The number of allylic oxidation sites excluding steroid dienone is 1. The van der Waals surface area contributed by atoms with Crippen LogP contribution in [-0.4, -0.2) is 21.3 Å². The largest absolute Gasteiger partial charge is 0.478 e. The second-order valence-corrected chi connectivity index (χ2v) is 7.91. The maximum absolute atomic E-state index is 14.3. The van der Waals surface area contributed by atoms with Crippen LogP contribution >= 0.6 is 0 Å². The molecule has 0 saturated heterocycles. The smallest absolute Gasteiger partial charge is 0.328 e. The van der Waals surface area contributed by atoms with Gasteiger partial charge in [-0.1, -0.05) is 43.3 Å². The Morgan fingerprint density at radius 1 is 1.12 bits per heavy atom. The van der Waals surface area contributed by atoms with E-state index in [0.29, 0.717) is 22.9 Å². The average molecular weight is 452 g/mol. The van der Waals surface area contributed by atoms with Crippen molar-refractivity contribution in [3.05, 3.63) is 106 Å². The van der Waals surface area contributed by atoms with Crippen LogP contribution in [0.2, 0.25) is 0 Å². The van der Waals surface area contributed by atoms with Gasteiger partial charge in [0.05, 0.1) is 22.5 Å². The number of nitriles is 1. The number of carbonyl (C=O) groups is 1. The number of halogens is 1. The molecular weight excluding hydrogens is 429 g/mol. The zero-order valence-electron chi connectivity index (χ0n) is 18.8. The maximum Gasteiger partial charge on any atom is 0.328 e. The fourth-order valence-corrected chi connectivity index (χ4v) is 4.15. The lowest BCUT2D eigenvalue weighted by Crippen LogP contribution is -1.98. The van der Waals surface area contributed by atoms with Gasteiger partial charge in [0.1, 0.15) is 0 Å². The molecule has 34 heavy (non-hydrogen) atoms. The van der Waals surface area contributed by atoms with Crippen LogP contribution in [0.3, 0.4) is 0 Å². The van der Waals surface area contributed by atoms with Crippen molar-refractivity contribution in [2.45, 2.75) is 20.3 Å². The van der Waals surface area contributed by atoms with Crippen LogP contribution in [0.1, 0.15) is 46.7 Å². The monoisotopic (exact) mass is 451 g/mol. The molecule has 0 aliphatic carbocycles. The predicted molar refractivity (Wildman–Crippen MR) is 131 cm³/mol. The zero-order valence-corrected chi connectivity index (χ0v) is 18.8. The van der Waals surface area contributed by atoms with Crippen LogP contribution in [0.15, 0.2) is 66.7 Å². The maximum atomic E-state index is 14.3. The fourth-order valence-electron chi connectivity index (χ4n) is 4.15. The van der Waals surface area contributed by atoms with Crippen molar-refractivity contribution >= 4 is 34.1 Å². The zero-order chi connectivity index (χ0) is 24.2. The van der Waals surface area contributed by atoms with Gasteiger partial charge in [-0.3, -0.25) is 5.10 Å². The van der Waals surface area contributed by atoms with Crippen molar-refractivity contribution in [2.24, 2.45) is 0 Å². The van der Waals surface area contributed by atoms with Crippen LogP contribution in [0.4, 0.5) is 4.39 Å². The number of H-pyrrole nitrogens is 1. The molecule has 1 heterocycles. The highest BCUT2D eigenvalue weighted by Crippen LogP contribution is 2.37. The summed E-state index contributed by atoms with van der Waals surface area (Å²) in [7, 11) is 0. The number of nitrogens with zero attached hydrogens (tertiary/aromatic N) is 2. The molecule has 0 fully saturated rings. The van der Waals surface area contributed by atoms with E-state index in [2.05, 4.69) is 23.2 Å². The molecule has 5 nitrogen and oxygen atoms in total. The summed E-state index contributed by atoms with van der Waals surface area (Å²) >= 11 is 0. The van der Waals surface area contributed by atoms with Crippen molar-refractivity contribution < 1.29 is 14.3 Å². The minimum Gasteiger partial charge on any atom is -0.478 e. The van der Waals surface area contributed by atoms with Gasteiger partial charge in [0.15, 0.2) is 0 Å². The van der Waals surface area contributed by atoms with Crippen LogP contribution in [0.5, 0.6) is 0 Å². The molecule has 168 valence electrons. The van der Waals surface area contributed by atoms with E-state index >= 15 is 0 Å². The third-order valence-electron chi connectivity index (χ3n) is 5.75. The van der Waals surface area contributed by atoms with Gasteiger partial charge in [-0.15, -0.1) is 0 Å². The standard InChI is InChI=1S/C28H22FN3O2/c1-3-22(23-11-6-19(16-30)14-17(23)2)27(20-8-4-18(5-9-20)7-13-26(33)34)21-10-12-25-24(15-21)28(29)32-31-25/h4-15H,3H2,1-2H3,(H,31,32)(H,33,34). The topological polar surface area (TPSA) is 89.8 Å². The summed E-state index contributed by atoms with van der Waals surface area (Å²) in [4.78, 5) is 10.9. The first-order valence-electron chi connectivity index (χ1n) is 10.8. The van der Waals surface area contributed by atoms with Gasteiger partial charge in [-0.05, 0) is 82.6 Å². The molecule has 1 aromatic heterocycles. The van der Waals surface area contributed by atoms with E-state index in [0.717, 1.165) is 45.0 Å². The van der Waals surface area contributed by atoms with Crippen LogP contribution in [0, 0.1) is 24.2 Å². The van der Waals surface area contributed by atoms with Crippen LogP contribution in [-0.2, 0) is 4.79 Å². The molecule has 0 aliphatic heterocycles. The molecule has 0 bridgehead atoms. The molecule has 0 spiro atoms. The number of aliphatic carboxylic acids is 1. The highest BCUT2D eigenvalue weighted by atomic mass is 19.1. The number of benzene rings is 3. The van der Waals surface area contributed by atoms with Gasteiger partial charge in [0.25, 0.3) is 0 Å². The molecule has 0 radical (unpaired) electrons. The summed E-state index contributed by atoms with van der Waals surface area (Å²) in [5.74, 6) is -1.50. The highest BCUT2D eigenvalue weighted by molar-refractivity contribution is 6.01. The molecule has 3 aromatic carbocycles. The summed E-state index contributed by atoms with van der Waals surface area (Å²) in [5.41, 5.74) is 7.62. The van der Waals surface area contributed by atoms with E-state index < -0.39 is 11.9 Å². The van der Waals surface area contributed by atoms with Crippen molar-refractivity contribution in [2.75, 3.05) is 0 Å². The van der Waals surface area contributed by atoms with E-state index in [-0.39, 0.29) is 0 Å². The van der Waals surface area contributed by atoms with E-state index in [1.807, 2.05) is 49.4 Å². The Morgan fingerprint density at radius 3 is 2.50 bits per heavy atom. The van der Waals surface area contributed by atoms with Crippen LogP contribution < -0.4 is 0 Å². The summed E-state index contributed by atoms with van der Waals surface area (Å²) < 4.78 is 14.3. The summed E-state index contributed by atoms with van der Waals surface area (Å²) in [6.07, 6.45) is 3.33. The molecule has 0 aliphatic rings. The van der Waals surface area contributed by atoms with Gasteiger partial charge >= 0.3 is 5.97 Å². The van der Waals surface area contributed by atoms with E-state index in [1.165, 1.54) is 6.08 Å². The first kappa shape index (κ1) is 22.7. The Morgan fingerprint density at radius 2 is 1.85 bits per heavy atom. The number of rotatable bonds is 6. The quantitative estimate of drug-likeness (QED) is 0.264. The molecular formula is C28H22FN3O2.